The molecule has 0 fully saturated rings. The molecule has 102 valence electrons. The zero-order valence-electron chi connectivity index (χ0n) is 8.39. The van der Waals surface area contributed by atoms with Gasteiger partial charge >= 0.3 is 11.0 Å². The molecule has 0 spiro atoms. The Morgan fingerprint density at radius 1 is 0.889 bits per heavy atom. The highest BCUT2D eigenvalue weighted by Crippen LogP contribution is 2.46. The molecule has 0 aliphatic rings. The number of thioether (sulfide) groups is 2. The molecule has 0 aliphatic heterocycles. The van der Waals surface area contributed by atoms with Gasteiger partial charge in [-0.1, -0.05) is 0 Å². The second-order valence-corrected chi connectivity index (χ2v) is 5.12. The lowest BCUT2D eigenvalue weighted by molar-refractivity contribution is -0.0346. The van der Waals surface area contributed by atoms with Crippen LogP contribution in [-0.2, 0) is 0 Å². The smallest absolute Gasteiger partial charge is 0.324 e. The summed E-state index contributed by atoms with van der Waals surface area (Å²) in [5.74, 6) is 4.99. The van der Waals surface area contributed by atoms with Gasteiger partial charge in [-0.15, -0.1) is 0 Å². The summed E-state index contributed by atoms with van der Waals surface area (Å²) in [4.78, 5) is -1.08. The molecule has 0 unspecified atom stereocenters. The van der Waals surface area contributed by atoms with E-state index < -0.39 is 44.3 Å². The van der Waals surface area contributed by atoms with Gasteiger partial charge in [0, 0.05) is 15.5 Å². The van der Waals surface area contributed by atoms with Crippen LogP contribution in [0.3, 0.4) is 0 Å². The molecule has 3 N–H and O–H groups in total. The average Bonchev–Trinajstić information content (AvgIpc) is 2.16. The van der Waals surface area contributed by atoms with Crippen molar-refractivity contribution in [1.82, 2.24) is 0 Å². The van der Waals surface area contributed by atoms with Gasteiger partial charge in [-0.2, -0.15) is 26.3 Å². The van der Waals surface area contributed by atoms with E-state index in [1.54, 1.807) is 0 Å². The maximum Gasteiger partial charge on any atom is 0.446 e. The minimum Gasteiger partial charge on any atom is -0.324 e. The Morgan fingerprint density at radius 2 is 1.39 bits per heavy atom. The van der Waals surface area contributed by atoms with Crippen LogP contribution in [0.4, 0.5) is 32.0 Å². The third-order valence-corrected chi connectivity index (χ3v) is 3.29. The van der Waals surface area contributed by atoms with Crippen LogP contribution in [0.15, 0.2) is 28.0 Å². The fourth-order valence-electron chi connectivity index (χ4n) is 1.01. The van der Waals surface area contributed by atoms with Crippen molar-refractivity contribution >= 4 is 29.2 Å². The predicted octanol–water partition coefficient (Wildman–Crippen LogP) is 4.20. The number of hydrazine groups is 1. The average molecular weight is 308 g/mol. The molecule has 0 heterocycles. The molecule has 0 amide bonds. The van der Waals surface area contributed by atoms with E-state index in [1.807, 2.05) is 0 Å². The Morgan fingerprint density at radius 3 is 1.83 bits per heavy atom. The topological polar surface area (TPSA) is 38.0 Å². The van der Waals surface area contributed by atoms with Gasteiger partial charge in [0.1, 0.15) is 0 Å². The number of nitrogens with one attached hydrogen (secondary N) is 1. The van der Waals surface area contributed by atoms with Crippen molar-refractivity contribution in [3.05, 3.63) is 18.2 Å². The van der Waals surface area contributed by atoms with Crippen LogP contribution in [0, 0.1) is 0 Å². The van der Waals surface area contributed by atoms with Crippen LogP contribution < -0.4 is 11.3 Å². The minimum atomic E-state index is -4.67. The summed E-state index contributed by atoms with van der Waals surface area (Å²) in [5.41, 5.74) is -7.16. The summed E-state index contributed by atoms with van der Waals surface area (Å²) >= 11 is -1.22. The van der Waals surface area contributed by atoms with Crippen LogP contribution in [0.2, 0.25) is 0 Å². The van der Waals surface area contributed by atoms with E-state index in [0.717, 1.165) is 18.2 Å². The summed E-state index contributed by atoms with van der Waals surface area (Å²) < 4.78 is 73.1. The SMILES string of the molecule is NNc1ccc(SC(F)(F)F)c(SC(F)(F)F)c1. The van der Waals surface area contributed by atoms with Crippen molar-refractivity contribution in [3.8, 4) is 0 Å². The van der Waals surface area contributed by atoms with Gasteiger partial charge < -0.3 is 5.43 Å². The Kier molecular flexibility index (Phi) is 4.67. The van der Waals surface area contributed by atoms with Crippen molar-refractivity contribution < 1.29 is 26.3 Å². The zero-order valence-corrected chi connectivity index (χ0v) is 10.0. The van der Waals surface area contributed by atoms with E-state index >= 15 is 0 Å². The van der Waals surface area contributed by atoms with Crippen LogP contribution in [0.1, 0.15) is 0 Å². The van der Waals surface area contributed by atoms with E-state index in [4.69, 9.17) is 5.84 Å². The normalized spacial score (nSPS) is 12.6. The molecule has 10 heteroatoms. The van der Waals surface area contributed by atoms with E-state index in [9.17, 15) is 26.3 Å². The van der Waals surface area contributed by atoms with Crippen LogP contribution >= 0.6 is 23.5 Å². The summed E-state index contributed by atoms with van der Waals surface area (Å²) in [6.45, 7) is 0. The Balaban J connectivity index is 3.08. The number of nitrogens with two attached hydrogens (primary N) is 1. The molecule has 0 bridgehead atoms. The lowest BCUT2D eigenvalue weighted by Crippen LogP contribution is -2.08. The first-order valence-corrected chi connectivity index (χ1v) is 5.86. The number of benzene rings is 1. The largest absolute Gasteiger partial charge is 0.446 e. The highest BCUT2D eigenvalue weighted by Gasteiger charge is 2.34. The number of halogens is 6. The Bertz CT molecular complexity index is 417. The van der Waals surface area contributed by atoms with Crippen LogP contribution in [0.25, 0.3) is 0 Å². The lowest BCUT2D eigenvalue weighted by Gasteiger charge is -2.13. The fraction of sp³-hybridized carbons (Fsp3) is 0.250. The molecule has 0 atom stereocenters. The summed E-state index contributed by atoms with van der Waals surface area (Å²) in [6, 6.07) is 3.00. The summed E-state index contributed by atoms with van der Waals surface area (Å²) in [7, 11) is 0. The van der Waals surface area contributed by atoms with Gasteiger partial charge in [-0.3, -0.25) is 5.84 Å². The van der Waals surface area contributed by atoms with E-state index in [2.05, 4.69) is 5.43 Å². The van der Waals surface area contributed by atoms with Crippen molar-refractivity contribution in [2.75, 3.05) is 5.43 Å². The first-order chi connectivity index (χ1) is 8.11. The zero-order chi connectivity index (χ0) is 14.0. The van der Waals surface area contributed by atoms with Gasteiger partial charge in [-0.05, 0) is 41.7 Å². The van der Waals surface area contributed by atoms with Gasteiger partial charge in [0.05, 0.1) is 0 Å². The number of nitrogen functional groups attached to an aromatic ring is 1. The van der Waals surface area contributed by atoms with Gasteiger partial charge in [0.15, 0.2) is 0 Å². The lowest BCUT2D eigenvalue weighted by atomic mass is 10.3. The molecule has 0 saturated carbocycles. The van der Waals surface area contributed by atoms with Gasteiger partial charge in [-0.25, -0.2) is 0 Å². The second-order valence-electron chi connectivity index (χ2n) is 2.90. The Hall–Kier alpha value is -0.740. The van der Waals surface area contributed by atoms with Gasteiger partial charge in [0.25, 0.3) is 0 Å². The van der Waals surface area contributed by atoms with E-state index in [0.29, 0.717) is 0 Å². The van der Waals surface area contributed by atoms with Crippen molar-refractivity contribution in [3.63, 3.8) is 0 Å². The fourth-order valence-corrected chi connectivity index (χ4v) is 2.41. The molecular formula is C8H6F6N2S2. The van der Waals surface area contributed by atoms with Crippen molar-refractivity contribution in [1.29, 1.82) is 0 Å². The van der Waals surface area contributed by atoms with Crippen molar-refractivity contribution in [2.24, 2.45) is 5.84 Å². The first kappa shape index (κ1) is 15.3. The number of anilines is 1. The molecule has 0 aromatic heterocycles. The number of hydrogen-bond donors (Lipinski definition) is 2. The predicted molar refractivity (Wildman–Crippen MR) is 58.1 cm³/mol. The van der Waals surface area contributed by atoms with E-state index in [1.165, 1.54) is 0 Å². The quantitative estimate of drug-likeness (QED) is 0.380. The molecular weight excluding hydrogens is 302 g/mol. The first-order valence-electron chi connectivity index (χ1n) is 4.23. The van der Waals surface area contributed by atoms with Gasteiger partial charge in [0.2, 0.25) is 0 Å². The van der Waals surface area contributed by atoms with Crippen LogP contribution in [-0.4, -0.2) is 11.0 Å². The molecule has 0 aliphatic carbocycles. The maximum absolute atomic E-state index is 12.2. The molecule has 1 aromatic rings. The Labute approximate surface area is 106 Å². The molecule has 1 rings (SSSR count). The van der Waals surface area contributed by atoms with Crippen molar-refractivity contribution in [2.45, 2.75) is 20.8 Å². The molecule has 1 aromatic carbocycles. The van der Waals surface area contributed by atoms with E-state index in [-0.39, 0.29) is 5.69 Å². The minimum absolute atomic E-state index is 0.0910. The van der Waals surface area contributed by atoms with Crippen LogP contribution in [0.5, 0.6) is 0 Å². The maximum atomic E-state index is 12.2. The summed E-state index contributed by atoms with van der Waals surface area (Å²) in [5, 5.41) is 0. The molecule has 0 radical (unpaired) electrons. The standard InChI is InChI=1S/C8H6F6N2S2/c9-7(10,11)17-5-2-1-4(16-15)3-6(5)18-8(12,13)14/h1-3,16H,15H2. The second kappa shape index (κ2) is 5.49. The highest BCUT2D eigenvalue weighted by molar-refractivity contribution is 8.03. The highest BCUT2D eigenvalue weighted by atomic mass is 32.2. The number of hydrogen-bond acceptors (Lipinski definition) is 4. The molecule has 2 nitrogen and oxygen atoms in total. The third-order valence-electron chi connectivity index (χ3n) is 1.56. The summed E-state index contributed by atoms with van der Waals surface area (Å²) in [6.07, 6.45) is 0. The number of rotatable bonds is 3. The molecule has 18 heavy (non-hydrogen) atoms. The third kappa shape index (κ3) is 5.27. The molecule has 0 saturated heterocycles. The number of alkyl halides is 6. The monoisotopic (exact) mass is 308 g/mol.